The molecule has 0 bridgehead atoms. The average molecular weight is 405 g/mol. The summed E-state index contributed by atoms with van der Waals surface area (Å²) >= 11 is 0. The molecular weight excluding hydrogens is 391 g/mol. The zero-order chi connectivity index (χ0) is 20.8. The maximum atomic E-state index is 12.8. The Morgan fingerprint density at radius 1 is 1.17 bits per heavy atom. The van der Waals surface area contributed by atoms with Crippen LogP contribution in [-0.2, 0) is 4.79 Å². The number of aromatic nitrogens is 4. The number of amides is 1. The van der Waals surface area contributed by atoms with Gasteiger partial charge in [-0.25, -0.2) is 5.10 Å². The maximum absolute atomic E-state index is 12.8. The first kappa shape index (κ1) is 18.7. The van der Waals surface area contributed by atoms with Crippen LogP contribution in [0.4, 0.5) is 19.0 Å². The number of fused-ring (bicyclic) bond motifs is 1. The SMILES string of the molecule is Cc1nn(-c2ccc(=O)[nH]n2)c2c1[C@@H](c1ccccc1OC(F)(F)F)CC(=O)N2. The van der Waals surface area contributed by atoms with Gasteiger partial charge in [-0.15, -0.1) is 13.2 Å². The first-order chi connectivity index (χ1) is 13.7. The van der Waals surface area contributed by atoms with Crippen LogP contribution in [0.3, 0.4) is 0 Å². The largest absolute Gasteiger partial charge is 0.573 e. The number of halogens is 3. The van der Waals surface area contributed by atoms with Gasteiger partial charge in [-0.3, -0.25) is 9.59 Å². The van der Waals surface area contributed by atoms with E-state index in [2.05, 4.69) is 25.3 Å². The number of carbonyl (C=O) groups is 1. The van der Waals surface area contributed by atoms with E-state index in [9.17, 15) is 22.8 Å². The van der Waals surface area contributed by atoms with Gasteiger partial charge >= 0.3 is 6.36 Å². The van der Waals surface area contributed by atoms with Gasteiger partial charge < -0.3 is 10.1 Å². The number of rotatable bonds is 3. The van der Waals surface area contributed by atoms with Crippen LogP contribution in [-0.4, -0.2) is 32.2 Å². The van der Waals surface area contributed by atoms with E-state index in [0.29, 0.717) is 11.3 Å². The fourth-order valence-electron chi connectivity index (χ4n) is 3.42. The number of nitrogens with one attached hydrogen (secondary N) is 2. The van der Waals surface area contributed by atoms with Crippen LogP contribution >= 0.6 is 0 Å². The molecule has 2 N–H and O–H groups in total. The minimum Gasteiger partial charge on any atom is -0.405 e. The Hall–Kier alpha value is -3.63. The number of alkyl halides is 3. The third-order valence-corrected chi connectivity index (χ3v) is 4.50. The van der Waals surface area contributed by atoms with Crippen molar-refractivity contribution in [3.05, 3.63) is 63.6 Å². The molecule has 11 heteroatoms. The van der Waals surface area contributed by atoms with E-state index in [-0.39, 0.29) is 29.4 Å². The summed E-state index contributed by atoms with van der Waals surface area (Å²) in [5.41, 5.74) is 0.861. The van der Waals surface area contributed by atoms with E-state index < -0.39 is 23.7 Å². The highest BCUT2D eigenvalue weighted by Gasteiger charge is 2.37. The van der Waals surface area contributed by atoms with Gasteiger partial charge in [0.1, 0.15) is 11.6 Å². The van der Waals surface area contributed by atoms with E-state index in [4.69, 9.17) is 0 Å². The number of ether oxygens (including phenoxy) is 1. The lowest BCUT2D eigenvalue weighted by atomic mass is 9.85. The predicted molar refractivity (Wildman–Crippen MR) is 94.9 cm³/mol. The Morgan fingerprint density at radius 2 is 1.93 bits per heavy atom. The molecule has 3 aromatic rings. The quantitative estimate of drug-likeness (QED) is 0.698. The van der Waals surface area contributed by atoms with Crippen LogP contribution in [0.25, 0.3) is 5.82 Å². The number of H-pyrrole nitrogens is 1. The molecule has 1 aliphatic heterocycles. The summed E-state index contributed by atoms with van der Waals surface area (Å²) in [6.07, 6.45) is -4.94. The molecule has 0 spiro atoms. The molecule has 0 aliphatic carbocycles. The lowest BCUT2D eigenvalue weighted by molar-refractivity contribution is -0.274. The molecule has 3 heterocycles. The second-order valence-electron chi connectivity index (χ2n) is 6.43. The minimum absolute atomic E-state index is 0.0726. The monoisotopic (exact) mass is 405 g/mol. The topological polar surface area (TPSA) is 102 Å². The summed E-state index contributed by atoms with van der Waals surface area (Å²) in [5.74, 6) is -0.941. The summed E-state index contributed by atoms with van der Waals surface area (Å²) in [7, 11) is 0. The van der Waals surface area contributed by atoms with Crippen molar-refractivity contribution in [3.63, 3.8) is 0 Å². The molecule has 4 rings (SSSR count). The second kappa shape index (κ2) is 6.76. The number of carbonyl (C=O) groups excluding carboxylic acids is 1. The number of aryl methyl sites for hydroxylation is 1. The van der Waals surface area contributed by atoms with Crippen LogP contribution in [0.15, 0.2) is 41.2 Å². The first-order valence-electron chi connectivity index (χ1n) is 8.53. The van der Waals surface area contributed by atoms with Crippen LogP contribution in [0, 0.1) is 6.92 Å². The Bertz CT molecular complexity index is 1130. The highest BCUT2D eigenvalue weighted by atomic mass is 19.4. The number of anilines is 1. The van der Waals surface area contributed by atoms with Crippen LogP contribution < -0.4 is 15.6 Å². The van der Waals surface area contributed by atoms with Gasteiger partial charge in [-0.05, 0) is 19.1 Å². The van der Waals surface area contributed by atoms with Crippen molar-refractivity contribution in [2.24, 2.45) is 0 Å². The molecule has 0 unspecified atom stereocenters. The van der Waals surface area contributed by atoms with Crippen molar-refractivity contribution < 1.29 is 22.7 Å². The molecule has 29 heavy (non-hydrogen) atoms. The third kappa shape index (κ3) is 3.58. The van der Waals surface area contributed by atoms with E-state index >= 15 is 0 Å². The number of aromatic amines is 1. The van der Waals surface area contributed by atoms with Crippen LogP contribution in [0.1, 0.15) is 29.2 Å². The van der Waals surface area contributed by atoms with Crippen molar-refractivity contribution in [1.82, 2.24) is 20.0 Å². The fourth-order valence-corrected chi connectivity index (χ4v) is 3.42. The molecule has 0 fully saturated rings. The summed E-state index contributed by atoms with van der Waals surface area (Å²) < 4.78 is 44.0. The molecule has 1 aromatic carbocycles. The van der Waals surface area contributed by atoms with Gasteiger partial charge in [-0.2, -0.15) is 14.9 Å². The maximum Gasteiger partial charge on any atom is 0.573 e. The predicted octanol–water partition coefficient (Wildman–Crippen LogP) is 2.64. The third-order valence-electron chi connectivity index (χ3n) is 4.50. The second-order valence-corrected chi connectivity index (χ2v) is 6.43. The standard InChI is InChI=1S/C18H14F3N5O3/c1-9-16-11(10-4-2-3-5-12(10)29-18(19,20)21)8-15(28)22-17(16)26(25-9)13-6-7-14(27)24-23-13/h2-7,11H,8H2,1H3,(H,22,28)(H,24,27)/t11-/m1/s1. The van der Waals surface area contributed by atoms with E-state index in [1.54, 1.807) is 13.0 Å². The average Bonchev–Trinajstić information content (AvgIpc) is 2.97. The lowest BCUT2D eigenvalue weighted by Crippen LogP contribution is -2.26. The molecule has 1 amide bonds. The van der Waals surface area contributed by atoms with Gasteiger partial charge in [0.25, 0.3) is 5.56 Å². The van der Waals surface area contributed by atoms with Gasteiger partial charge in [-0.1, -0.05) is 18.2 Å². The van der Waals surface area contributed by atoms with Crippen molar-refractivity contribution in [1.29, 1.82) is 0 Å². The summed E-state index contributed by atoms with van der Waals surface area (Å²) in [6.45, 7) is 1.68. The van der Waals surface area contributed by atoms with Crippen molar-refractivity contribution in [2.75, 3.05) is 5.32 Å². The zero-order valence-electron chi connectivity index (χ0n) is 14.9. The van der Waals surface area contributed by atoms with Gasteiger partial charge in [0, 0.05) is 29.5 Å². The van der Waals surface area contributed by atoms with Crippen LogP contribution in [0.2, 0.25) is 0 Å². The Morgan fingerprint density at radius 3 is 2.62 bits per heavy atom. The molecule has 0 saturated carbocycles. The highest BCUT2D eigenvalue weighted by molar-refractivity contribution is 5.95. The number of hydrogen-bond donors (Lipinski definition) is 2. The molecule has 0 radical (unpaired) electrons. The molecule has 2 aromatic heterocycles. The number of para-hydroxylation sites is 1. The van der Waals surface area contributed by atoms with Gasteiger partial charge in [0.05, 0.1) is 5.69 Å². The lowest BCUT2D eigenvalue weighted by Gasteiger charge is -2.26. The van der Waals surface area contributed by atoms with Crippen molar-refractivity contribution >= 4 is 11.7 Å². The van der Waals surface area contributed by atoms with Crippen molar-refractivity contribution in [2.45, 2.75) is 25.6 Å². The number of hydrogen-bond acceptors (Lipinski definition) is 5. The Kier molecular flexibility index (Phi) is 4.36. The first-order valence-corrected chi connectivity index (χ1v) is 8.53. The number of nitrogens with zero attached hydrogens (tertiary/aromatic N) is 3. The smallest absolute Gasteiger partial charge is 0.405 e. The number of benzene rings is 1. The summed E-state index contributed by atoms with van der Waals surface area (Å²) in [6, 6.07) is 8.37. The summed E-state index contributed by atoms with van der Waals surface area (Å²) in [4.78, 5) is 23.6. The van der Waals surface area contributed by atoms with Crippen molar-refractivity contribution in [3.8, 4) is 11.6 Å². The van der Waals surface area contributed by atoms with E-state index in [1.807, 2.05) is 0 Å². The molecular formula is C18H14F3N5O3. The molecule has 0 saturated heterocycles. The minimum atomic E-state index is -4.87. The normalized spacial score (nSPS) is 16.3. The van der Waals surface area contributed by atoms with Crippen LogP contribution in [0.5, 0.6) is 5.75 Å². The fraction of sp³-hybridized carbons (Fsp3) is 0.222. The highest BCUT2D eigenvalue weighted by Crippen LogP contribution is 2.43. The van der Waals surface area contributed by atoms with Gasteiger partial charge in [0.2, 0.25) is 5.91 Å². The zero-order valence-corrected chi connectivity index (χ0v) is 14.9. The Labute approximate surface area is 161 Å². The summed E-state index contributed by atoms with van der Waals surface area (Å²) in [5, 5.41) is 13.2. The molecule has 8 nitrogen and oxygen atoms in total. The Balaban J connectivity index is 1.86. The van der Waals surface area contributed by atoms with Gasteiger partial charge in [0.15, 0.2) is 5.82 Å². The molecule has 150 valence electrons. The molecule has 1 aliphatic rings. The van der Waals surface area contributed by atoms with E-state index in [0.717, 1.165) is 0 Å². The van der Waals surface area contributed by atoms with E-state index in [1.165, 1.54) is 35.0 Å². The molecule has 1 atom stereocenters.